The Balaban J connectivity index is 0.000000121. The number of fused-ring (bicyclic) bond motifs is 9. The molecule has 0 N–H and O–H groups in total. The Hall–Kier alpha value is -3.87. The zero-order valence-electron chi connectivity index (χ0n) is 42.1. The van der Waals surface area contributed by atoms with Crippen molar-refractivity contribution in [3.8, 4) is 0 Å². The van der Waals surface area contributed by atoms with Crippen LogP contribution in [0.5, 0.6) is 0 Å². The predicted molar refractivity (Wildman–Crippen MR) is 283 cm³/mol. The molecule has 0 unspecified atom stereocenters. The van der Waals surface area contributed by atoms with Gasteiger partial charge in [0, 0.05) is 187 Å². The number of hydrogen-bond donors (Lipinski definition) is 0. The number of nitrogens with zero attached hydrogens (tertiary/aromatic N) is 12. The molecule has 0 amide bonds. The van der Waals surface area contributed by atoms with E-state index in [1.807, 2.05) is 12.4 Å². The van der Waals surface area contributed by atoms with Gasteiger partial charge < -0.3 is 33.3 Å². The monoisotopic (exact) mass is 977 g/mol. The molecule has 0 radical (unpaired) electrons. The Labute approximate surface area is 414 Å². The molecule has 16 heteroatoms. The summed E-state index contributed by atoms with van der Waals surface area (Å²) in [5.74, 6) is 3.15. The van der Waals surface area contributed by atoms with Crippen LogP contribution in [0.1, 0.15) is 57.9 Å². The molecule has 6 aromatic heterocycles. The van der Waals surface area contributed by atoms with Gasteiger partial charge in [-0.25, -0.2) is 18.4 Å². The number of aryl methyl sites for hydroxylation is 2. The van der Waals surface area contributed by atoms with Crippen LogP contribution in [0.4, 0.5) is 0 Å². The second kappa shape index (κ2) is 21.5. The molecule has 0 aliphatic carbocycles. The smallest absolute Gasteiger partial charge is 0.152 e. The van der Waals surface area contributed by atoms with Gasteiger partial charge in [-0.1, -0.05) is 0 Å². The summed E-state index contributed by atoms with van der Waals surface area (Å²) >= 11 is 2.08. The Bertz CT molecular complexity index is 2840. The van der Waals surface area contributed by atoms with E-state index in [1.165, 1.54) is 131 Å². The predicted octanol–water partition coefficient (Wildman–Crippen LogP) is 5.56. The van der Waals surface area contributed by atoms with Gasteiger partial charge in [0.25, 0.3) is 0 Å². The van der Waals surface area contributed by atoms with E-state index in [-0.39, 0.29) is 0 Å². The Morgan fingerprint density at radius 3 is 1.70 bits per heavy atom. The molecule has 6 aromatic rings. The van der Waals surface area contributed by atoms with Gasteiger partial charge in [0.15, 0.2) is 9.84 Å². The van der Waals surface area contributed by atoms with Crippen LogP contribution < -0.4 is 0 Å². The Kier molecular flexibility index (Phi) is 15.2. The molecule has 69 heavy (non-hydrogen) atoms. The summed E-state index contributed by atoms with van der Waals surface area (Å²) in [4.78, 5) is 28.7. The fraction of sp³-hybridized carbons (Fsp3) is 0.604. The second-order valence-corrected chi connectivity index (χ2v) is 24.3. The summed E-state index contributed by atoms with van der Waals surface area (Å²) in [5.41, 5.74) is 14.9. The van der Waals surface area contributed by atoms with Crippen LogP contribution in [-0.2, 0) is 68.4 Å². The molecule has 12 rings (SSSR count). The molecule has 0 bridgehead atoms. The Morgan fingerprint density at radius 2 is 1.07 bits per heavy atom. The summed E-state index contributed by atoms with van der Waals surface area (Å²) in [6, 6.07) is 8.85. The minimum Gasteiger partial charge on any atom is -0.342 e. The van der Waals surface area contributed by atoms with E-state index in [1.54, 1.807) is 5.69 Å². The summed E-state index contributed by atoms with van der Waals surface area (Å²) in [6.45, 7) is 23.3. The van der Waals surface area contributed by atoms with Crippen molar-refractivity contribution >= 4 is 54.6 Å². The SMILES string of the molecule is CN1CCc2c(c3cccnc3n2CCN2CCSCC2)C1.Cc1cc2c3c(n(CCN4CCCC4)c2cn1)CCN(C)C3.Cc1cnc2c(c1)c1c(n2CCN2CCS(=O)(=O)CC2)CCN(C)C1. The zero-order valence-corrected chi connectivity index (χ0v) is 43.8. The molecule has 0 spiro atoms. The van der Waals surface area contributed by atoms with E-state index in [0.29, 0.717) is 24.6 Å². The van der Waals surface area contributed by atoms with Crippen LogP contribution >= 0.6 is 11.8 Å². The summed E-state index contributed by atoms with van der Waals surface area (Å²) in [6.07, 6.45) is 12.1. The average Bonchev–Trinajstić information content (AvgIpc) is 4.12. The first-order chi connectivity index (χ1) is 33.5. The number of pyridine rings is 3. The van der Waals surface area contributed by atoms with Crippen LogP contribution in [0, 0.1) is 13.8 Å². The third-order valence-electron chi connectivity index (χ3n) is 15.7. The highest BCUT2D eigenvalue weighted by Crippen LogP contribution is 2.33. The van der Waals surface area contributed by atoms with Gasteiger partial charge in [0.1, 0.15) is 11.3 Å². The fourth-order valence-electron chi connectivity index (χ4n) is 11.8. The number of likely N-dealkylation sites (N-methyl/N-ethyl adjacent to an activating group) is 3. The Morgan fingerprint density at radius 1 is 0.551 bits per heavy atom. The molecule has 0 atom stereocenters. The van der Waals surface area contributed by atoms with Crippen molar-refractivity contribution in [2.45, 2.75) is 85.2 Å². The molecule has 3 saturated heterocycles. The average molecular weight is 977 g/mol. The normalized spacial score (nSPS) is 20.7. The minimum atomic E-state index is -2.81. The van der Waals surface area contributed by atoms with Gasteiger partial charge in [0.2, 0.25) is 0 Å². The lowest BCUT2D eigenvalue weighted by atomic mass is 10.1. The van der Waals surface area contributed by atoms with Crippen LogP contribution in [-0.4, -0.2) is 189 Å². The largest absolute Gasteiger partial charge is 0.342 e. The third kappa shape index (κ3) is 11.0. The molecule has 6 aliphatic rings. The molecule has 12 heterocycles. The van der Waals surface area contributed by atoms with E-state index in [0.717, 1.165) is 89.6 Å². The van der Waals surface area contributed by atoms with Crippen molar-refractivity contribution in [3.63, 3.8) is 0 Å². The van der Waals surface area contributed by atoms with E-state index >= 15 is 0 Å². The maximum absolute atomic E-state index is 11.6. The highest BCUT2D eigenvalue weighted by atomic mass is 32.2. The topological polar surface area (TPSA) is 107 Å². The van der Waals surface area contributed by atoms with Crippen LogP contribution in [0.25, 0.3) is 33.0 Å². The van der Waals surface area contributed by atoms with Crippen molar-refractivity contribution in [1.29, 1.82) is 0 Å². The van der Waals surface area contributed by atoms with Gasteiger partial charge >= 0.3 is 0 Å². The number of rotatable bonds is 9. The summed E-state index contributed by atoms with van der Waals surface area (Å²) in [7, 11) is 3.80. The van der Waals surface area contributed by atoms with Crippen molar-refractivity contribution in [1.82, 2.24) is 58.1 Å². The van der Waals surface area contributed by atoms with E-state index in [4.69, 9.17) is 9.97 Å². The first kappa shape index (κ1) is 48.7. The second-order valence-electron chi connectivity index (χ2n) is 20.8. The quantitative estimate of drug-likeness (QED) is 0.181. The van der Waals surface area contributed by atoms with Crippen LogP contribution in [0.2, 0.25) is 0 Å². The lowest BCUT2D eigenvalue weighted by Gasteiger charge is -2.28. The first-order valence-corrected chi connectivity index (χ1v) is 28.8. The number of sulfone groups is 1. The van der Waals surface area contributed by atoms with Gasteiger partial charge in [-0.2, -0.15) is 11.8 Å². The van der Waals surface area contributed by atoms with E-state index in [2.05, 4.69) is 125 Å². The zero-order chi connectivity index (χ0) is 47.6. The van der Waals surface area contributed by atoms with E-state index in [9.17, 15) is 8.42 Å². The number of aromatic nitrogens is 6. The molecule has 372 valence electrons. The van der Waals surface area contributed by atoms with Gasteiger partial charge in [-0.15, -0.1) is 0 Å². The highest BCUT2D eigenvalue weighted by molar-refractivity contribution is 7.99. The van der Waals surface area contributed by atoms with Crippen molar-refractivity contribution in [2.24, 2.45) is 0 Å². The molecule has 14 nitrogen and oxygen atoms in total. The van der Waals surface area contributed by atoms with Crippen molar-refractivity contribution < 1.29 is 8.42 Å². The lowest BCUT2D eigenvalue weighted by Crippen LogP contribution is -2.41. The van der Waals surface area contributed by atoms with Crippen LogP contribution in [0.15, 0.2) is 42.9 Å². The standard InChI is InChI=1S/C18H26N4O2S.C18H26N4.C17H24N4S/c1-14-11-15-16-13-20(2)4-3-17(16)22(18(15)19-12-14)6-5-21-7-9-25(23,24)10-8-21;1-14-11-15-16-13-20(2)8-5-17(16)22(18(15)12-19-14)10-9-21-6-3-4-7-21;1-19-6-4-16-15(13-19)14-3-2-5-18-17(14)21(16)8-7-20-9-11-22-12-10-20/h11-12H,3-10,13H2,1-2H3;11-12H,3-10,13H2,1-2H3;2-3,5H,4,6-13H2,1H3. The summed E-state index contributed by atoms with van der Waals surface area (Å²) in [5, 5.41) is 4.07. The molecular formula is C53H76N12O2S2. The first-order valence-electron chi connectivity index (χ1n) is 25.9. The van der Waals surface area contributed by atoms with Gasteiger partial charge in [-0.3, -0.25) is 14.8 Å². The molecular weight excluding hydrogens is 901 g/mol. The van der Waals surface area contributed by atoms with Crippen molar-refractivity contribution in [2.75, 3.05) is 123 Å². The van der Waals surface area contributed by atoms with Crippen molar-refractivity contribution in [3.05, 3.63) is 87.9 Å². The van der Waals surface area contributed by atoms with Gasteiger partial charge in [0.05, 0.1) is 23.2 Å². The number of thioether (sulfide) groups is 1. The number of likely N-dealkylation sites (tertiary alicyclic amines) is 1. The molecule has 3 fully saturated rings. The van der Waals surface area contributed by atoms with Crippen LogP contribution in [0.3, 0.4) is 0 Å². The molecule has 0 saturated carbocycles. The highest BCUT2D eigenvalue weighted by Gasteiger charge is 2.27. The lowest BCUT2D eigenvalue weighted by molar-refractivity contribution is 0.278. The van der Waals surface area contributed by atoms with E-state index < -0.39 is 9.84 Å². The fourth-order valence-corrected chi connectivity index (χ4v) is 14.1. The minimum absolute atomic E-state index is 0.291. The maximum atomic E-state index is 11.6. The molecule has 0 aromatic carbocycles. The molecule has 6 aliphatic heterocycles. The summed E-state index contributed by atoms with van der Waals surface area (Å²) < 4.78 is 30.7. The van der Waals surface area contributed by atoms with Gasteiger partial charge in [-0.05, 0) is 107 Å². The maximum Gasteiger partial charge on any atom is 0.152 e. The number of hydrogen-bond acceptors (Lipinski definition) is 12. The third-order valence-corrected chi connectivity index (χ3v) is 18.3.